The van der Waals surface area contributed by atoms with E-state index in [0.29, 0.717) is 0 Å². The monoisotopic (exact) mass is 319 g/mol. The van der Waals surface area contributed by atoms with Crippen LogP contribution in [0.4, 0.5) is 0 Å². The van der Waals surface area contributed by atoms with Gasteiger partial charge in [-0.15, -0.1) is 0 Å². The smallest absolute Gasteiger partial charge is 0.111 e. The van der Waals surface area contributed by atoms with Gasteiger partial charge in [-0.05, 0) is 6.07 Å². The third kappa shape index (κ3) is 3.82. The predicted molar refractivity (Wildman–Crippen MR) is 89.6 cm³/mol. The van der Waals surface area contributed by atoms with Crippen LogP contribution >= 0.6 is 12.2 Å². The minimum atomic E-state index is 0.734. The van der Waals surface area contributed by atoms with Crippen molar-refractivity contribution in [3.8, 4) is 0 Å². The van der Waals surface area contributed by atoms with E-state index in [1.54, 1.807) is 6.20 Å². The first-order valence-corrected chi connectivity index (χ1v) is 8.06. The second kappa shape index (κ2) is 7.67. The molecule has 0 bridgehead atoms. The van der Waals surface area contributed by atoms with Crippen molar-refractivity contribution in [1.29, 1.82) is 0 Å². The fourth-order valence-electron chi connectivity index (χ4n) is 2.60. The normalized spacial score (nSPS) is 20.1. The number of morpholine rings is 2. The standard InChI is InChI=1S/C16H21N3O2S/c22-16(19-6-10-21-11-7-19)15(14-2-1-3-17-12-14)13-18-4-8-20-9-5-18/h1-3,12-13H,4-11H2/b15-13-. The molecule has 22 heavy (non-hydrogen) atoms. The molecule has 0 aromatic carbocycles. The van der Waals surface area contributed by atoms with Crippen molar-refractivity contribution in [2.24, 2.45) is 0 Å². The molecular weight excluding hydrogens is 298 g/mol. The average Bonchev–Trinajstić information content (AvgIpc) is 2.61. The van der Waals surface area contributed by atoms with Crippen molar-refractivity contribution < 1.29 is 9.47 Å². The van der Waals surface area contributed by atoms with E-state index in [1.807, 2.05) is 12.3 Å². The third-order valence-electron chi connectivity index (χ3n) is 3.86. The molecule has 5 nitrogen and oxygen atoms in total. The van der Waals surface area contributed by atoms with Gasteiger partial charge in [0, 0.05) is 55.9 Å². The second-order valence-corrected chi connectivity index (χ2v) is 5.72. The number of aromatic nitrogens is 1. The number of thiocarbonyl (C=S) groups is 1. The van der Waals surface area contributed by atoms with Gasteiger partial charge in [0.15, 0.2) is 0 Å². The minimum Gasteiger partial charge on any atom is -0.378 e. The summed E-state index contributed by atoms with van der Waals surface area (Å²) < 4.78 is 10.8. The lowest BCUT2D eigenvalue weighted by Crippen LogP contribution is -2.41. The molecule has 0 atom stereocenters. The van der Waals surface area contributed by atoms with Gasteiger partial charge >= 0.3 is 0 Å². The topological polar surface area (TPSA) is 37.8 Å². The molecule has 0 saturated carbocycles. The van der Waals surface area contributed by atoms with Crippen LogP contribution in [0, 0.1) is 0 Å². The Kier molecular flexibility index (Phi) is 5.37. The van der Waals surface area contributed by atoms with E-state index in [2.05, 4.69) is 27.1 Å². The fraction of sp³-hybridized carbons (Fsp3) is 0.500. The van der Waals surface area contributed by atoms with E-state index < -0.39 is 0 Å². The van der Waals surface area contributed by atoms with E-state index in [4.69, 9.17) is 21.7 Å². The van der Waals surface area contributed by atoms with Crippen LogP contribution in [0.5, 0.6) is 0 Å². The quantitative estimate of drug-likeness (QED) is 0.620. The molecule has 3 heterocycles. The van der Waals surface area contributed by atoms with Gasteiger partial charge in [-0.25, -0.2) is 0 Å². The van der Waals surface area contributed by atoms with Crippen LogP contribution in [0.1, 0.15) is 5.56 Å². The summed E-state index contributed by atoms with van der Waals surface area (Å²) in [6, 6.07) is 4.01. The van der Waals surface area contributed by atoms with Gasteiger partial charge < -0.3 is 19.3 Å². The first-order chi connectivity index (χ1) is 10.8. The van der Waals surface area contributed by atoms with Crippen LogP contribution in [-0.2, 0) is 9.47 Å². The molecule has 6 heteroatoms. The molecule has 2 saturated heterocycles. The van der Waals surface area contributed by atoms with Gasteiger partial charge in [0.1, 0.15) is 4.99 Å². The van der Waals surface area contributed by atoms with E-state index in [-0.39, 0.29) is 0 Å². The highest BCUT2D eigenvalue weighted by Crippen LogP contribution is 2.20. The molecule has 2 aliphatic rings. The zero-order chi connectivity index (χ0) is 15.2. The van der Waals surface area contributed by atoms with E-state index in [1.165, 1.54) is 0 Å². The molecule has 0 radical (unpaired) electrons. The number of nitrogens with zero attached hydrogens (tertiary/aromatic N) is 3. The summed E-state index contributed by atoms with van der Waals surface area (Å²) in [6.45, 7) is 6.49. The van der Waals surface area contributed by atoms with Gasteiger partial charge in [-0.1, -0.05) is 18.3 Å². The Labute approximate surface area is 136 Å². The third-order valence-corrected chi connectivity index (χ3v) is 4.34. The Hall–Kier alpha value is -1.50. The van der Waals surface area contributed by atoms with Crippen LogP contribution < -0.4 is 0 Å². The van der Waals surface area contributed by atoms with Gasteiger partial charge in [-0.3, -0.25) is 4.98 Å². The molecule has 2 aliphatic heterocycles. The predicted octanol–water partition coefficient (Wildman–Crippen LogP) is 1.41. The summed E-state index contributed by atoms with van der Waals surface area (Å²) in [5.74, 6) is 0. The number of rotatable bonds is 3. The molecule has 3 rings (SSSR count). The lowest BCUT2D eigenvalue weighted by Gasteiger charge is -2.32. The maximum Gasteiger partial charge on any atom is 0.111 e. The molecule has 0 unspecified atom stereocenters. The molecule has 1 aromatic heterocycles. The van der Waals surface area contributed by atoms with Crippen LogP contribution in [0.2, 0.25) is 0 Å². The molecule has 1 aromatic rings. The summed E-state index contributed by atoms with van der Waals surface area (Å²) >= 11 is 5.76. The maximum absolute atomic E-state index is 5.76. The largest absolute Gasteiger partial charge is 0.378 e. The van der Waals surface area contributed by atoms with Crippen LogP contribution in [0.15, 0.2) is 30.7 Å². The summed E-state index contributed by atoms with van der Waals surface area (Å²) in [5.41, 5.74) is 2.12. The highest BCUT2D eigenvalue weighted by molar-refractivity contribution is 7.81. The summed E-state index contributed by atoms with van der Waals surface area (Å²) in [6.07, 6.45) is 5.82. The van der Waals surface area contributed by atoms with Crippen molar-refractivity contribution in [3.63, 3.8) is 0 Å². The van der Waals surface area contributed by atoms with Crippen LogP contribution in [0.25, 0.3) is 5.57 Å². The van der Waals surface area contributed by atoms with Crippen molar-refractivity contribution in [2.45, 2.75) is 0 Å². The highest BCUT2D eigenvalue weighted by Gasteiger charge is 2.20. The van der Waals surface area contributed by atoms with E-state index in [9.17, 15) is 0 Å². The Balaban J connectivity index is 1.85. The SMILES string of the molecule is S=C(/C(=C\N1CCOCC1)c1cccnc1)N1CCOCC1. The van der Waals surface area contributed by atoms with E-state index in [0.717, 1.165) is 68.7 Å². The number of pyridine rings is 1. The second-order valence-electron chi connectivity index (χ2n) is 5.34. The van der Waals surface area contributed by atoms with Gasteiger partial charge in [0.2, 0.25) is 0 Å². The van der Waals surface area contributed by atoms with Crippen molar-refractivity contribution in [3.05, 3.63) is 36.3 Å². The summed E-state index contributed by atoms with van der Waals surface area (Å²) in [4.78, 5) is 9.61. The molecule has 0 N–H and O–H groups in total. The van der Waals surface area contributed by atoms with Crippen molar-refractivity contribution >= 4 is 22.8 Å². The Morgan fingerprint density at radius 3 is 2.41 bits per heavy atom. The molecular formula is C16H21N3O2S. The van der Waals surface area contributed by atoms with Crippen LogP contribution in [-0.4, -0.2) is 72.4 Å². The zero-order valence-corrected chi connectivity index (χ0v) is 13.4. The molecule has 0 amide bonds. The van der Waals surface area contributed by atoms with Gasteiger partial charge in [-0.2, -0.15) is 0 Å². The first kappa shape index (κ1) is 15.4. The number of hydrogen-bond acceptors (Lipinski definition) is 5. The zero-order valence-electron chi connectivity index (χ0n) is 12.6. The summed E-state index contributed by atoms with van der Waals surface area (Å²) in [5, 5.41) is 0. The Bertz CT molecular complexity index is 523. The van der Waals surface area contributed by atoms with E-state index >= 15 is 0 Å². The van der Waals surface area contributed by atoms with Gasteiger partial charge in [0.05, 0.1) is 26.4 Å². The summed E-state index contributed by atoms with van der Waals surface area (Å²) in [7, 11) is 0. The molecule has 2 fully saturated rings. The van der Waals surface area contributed by atoms with Crippen molar-refractivity contribution in [1.82, 2.24) is 14.8 Å². The maximum atomic E-state index is 5.76. The first-order valence-electron chi connectivity index (χ1n) is 7.65. The average molecular weight is 319 g/mol. The highest BCUT2D eigenvalue weighted by atomic mass is 32.1. The minimum absolute atomic E-state index is 0.734. The van der Waals surface area contributed by atoms with Crippen molar-refractivity contribution in [2.75, 3.05) is 52.6 Å². The van der Waals surface area contributed by atoms with Gasteiger partial charge in [0.25, 0.3) is 0 Å². The number of hydrogen-bond donors (Lipinski definition) is 0. The lowest BCUT2D eigenvalue weighted by molar-refractivity contribution is 0.0595. The molecule has 118 valence electrons. The lowest BCUT2D eigenvalue weighted by atomic mass is 10.1. The molecule has 0 aliphatic carbocycles. The Morgan fingerprint density at radius 1 is 1.09 bits per heavy atom. The van der Waals surface area contributed by atoms with Crippen LogP contribution in [0.3, 0.4) is 0 Å². The fourth-order valence-corrected chi connectivity index (χ4v) is 2.95. The number of ether oxygens (including phenoxy) is 2. The molecule has 0 spiro atoms. The Morgan fingerprint density at radius 2 is 1.77 bits per heavy atom.